The van der Waals surface area contributed by atoms with E-state index >= 15 is 0 Å². The summed E-state index contributed by atoms with van der Waals surface area (Å²) in [5.41, 5.74) is 0.290. The van der Waals surface area contributed by atoms with Gasteiger partial charge in [0.25, 0.3) is 5.91 Å². The number of rotatable bonds is 8. The second-order valence-corrected chi connectivity index (χ2v) is 6.51. The van der Waals surface area contributed by atoms with Gasteiger partial charge in [0.15, 0.2) is 0 Å². The molecular weight excluding hydrogens is 308 g/mol. The first kappa shape index (κ1) is 18.1. The van der Waals surface area contributed by atoms with Crippen LogP contribution in [0.5, 0.6) is 0 Å². The molecule has 22 heavy (non-hydrogen) atoms. The van der Waals surface area contributed by atoms with E-state index in [1.54, 1.807) is 13.1 Å². The van der Waals surface area contributed by atoms with E-state index in [1.165, 1.54) is 23.1 Å². The predicted molar refractivity (Wildman–Crippen MR) is 81.1 cm³/mol. The van der Waals surface area contributed by atoms with Crippen molar-refractivity contribution in [1.29, 1.82) is 0 Å². The molecule has 0 heterocycles. The summed E-state index contributed by atoms with van der Waals surface area (Å²) >= 11 is 0. The van der Waals surface area contributed by atoms with E-state index < -0.39 is 16.0 Å². The van der Waals surface area contributed by atoms with Gasteiger partial charge < -0.3 is 10.0 Å². The summed E-state index contributed by atoms with van der Waals surface area (Å²) in [6, 6.07) is 5.76. The number of carboxylic acids is 1. The van der Waals surface area contributed by atoms with Gasteiger partial charge in [0, 0.05) is 32.1 Å². The minimum absolute atomic E-state index is 0.0156. The van der Waals surface area contributed by atoms with Gasteiger partial charge in [0.2, 0.25) is 10.0 Å². The molecule has 0 unspecified atom stereocenters. The lowest BCUT2D eigenvalue weighted by Crippen LogP contribution is -2.28. The van der Waals surface area contributed by atoms with Gasteiger partial charge in [-0.1, -0.05) is 6.07 Å². The van der Waals surface area contributed by atoms with Crippen molar-refractivity contribution in [2.24, 2.45) is 0 Å². The molecule has 1 aromatic rings. The van der Waals surface area contributed by atoms with E-state index in [0.717, 1.165) is 0 Å². The topological polar surface area (TPSA) is 104 Å². The van der Waals surface area contributed by atoms with Gasteiger partial charge in [-0.25, -0.2) is 13.1 Å². The highest BCUT2D eigenvalue weighted by Crippen LogP contribution is 2.13. The van der Waals surface area contributed by atoms with Crippen LogP contribution >= 0.6 is 0 Å². The van der Waals surface area contributed by atoms with Gasteiger partial charge in [0.05, 0.1) is 4.90 Å². The highest BCUT2D eigenvalue weighted by Gasteiger charge is 2.17. The molecule has 1 rings (SSSR count). The Morgan fingerprint density at radius 1 is 1.32 bits per heavy atom. The first-order chi connectivity index (χ1) is 10.3. The first-order valence-corrected chi connectivity index (χ1v) is 8.33. The predicted octanol–water partition coefficient (Wildman–Crippen LogP) is 0.922. The number of nitrogens with zero attached hydrogens (tertiary/aromatic N) is 1. The van der Waals surface area contributed by atoms with E-state index in [0.29, 0.717) is 6.54 Å². The SMILES string of the molecule is CCN(C)C(=O)c1cccc(S(=O)(=O)NCCCC(=O)O)c1. The van der Waals surface area contributed by atoms with Crippen LogP contribution in [0.25, 0.3) is 0 Å². The van der Waals surface area contributed by atoms with Crippen LogP contribution in [0.1, 0.15) is 30.1 Å². The molecule has 7 nitrogen and oxygen atoms in total. The maximum Gasteiger partial charge on any atom is 0.303 e. The average molecular weight is 328 g/mol. The van der Waals surface area contributed by atoms with E-state index in [-0.39, 0.29) is 35.8 Å². The van der Waals surface area contributed by atoms with Crippen molar-refractivity contribution in [2.45, 2.75) is 24.7 Å². The Bertz CT molecular complexity index is 642. The van der Waals surface area contributed by atoms with Gasteiger partial charge in [-0.15, -0.1) is 0 Å². The Morgan fingerprint density at radius 3 is 2.59 bits per heavy atom. The van der Waals surface area contributed by atoms with Crippen LogP contribution in [0.15, 0.2) is 29.2 Å². The standard InChI is InChI=1S/C14H20N2O5S/c1-3-16(2)14(19)11-6-4-7-12(10-11)22(20,21)15-9-5-8-13(17)18/h4,6-7,10,15H,3,5,8-9H2,1-2H3,(H,17,18). The minimum Gasteiger partial charge on any atom is -0.481 e. The number of aliphatic carboxylic acids is 1. The van der Waals surface area contributed by atoms with Gasteiger partial charge >= 0.3 is 5.97 Å². The molecule has 122 valence electrons. The fourth-order valence-corrected chi connectivity index (χ4v) is 2.81. The van der Waals surface area contributed by atoms with Crippen molar-refractivity contribution in [1.82, 2.24) is 9.62 Å². The maximum absolute atomic E-state index is 12.1. The summed E-state index contributed by atoms with van der Waals surface area (Å²) < 4.78 is 26.5. The Labute approximate surface area is 130 Å². The van der Waals surface area contributed by atoms with Crippen molar-refractivity contribution in [3.8, 4) is 0 Å². The summed E-state index contributed by atoms with van der Waals surface area (Å²) in [5.74, 6) is -1.24. The van der Waals surface area contributed by atoms with E-state index in [9.17, 15) is 18.0 Å². The average Bonchev–Trinajstić information content (AvgIpc) is 2.50. The highest BCUT2D eigenvalue weighted by atomic mass is 32.2. The van der Waals surface area contributed by atoms with Crippen LogP contribution in [0.2, 0.25) is 0 Å². The molecule has 0 aliphatic heterocycles. The van der Waals surface area contributed by atoms with Gasteiger partial charge in [-0.05, 0) is 31.5 Å². The molecule has 0 aliphatic rings. The van der Waals surface area contributed by atoms with Crippen LogP contribution in [0.4, 0.5) is 0 Å². The molecule has 8 heteroatoms. The normalized spacial score (nSPS) is 11.2. The van der Waals surface area contributed by atoms with Crippen molar-refractivity contribution in [3.05, 3.63) is 29.8 Å². The number of sulfonamides is 1. The molecule has 0 atom stereocenters. The van der Waals surface area contributed by atoms with Crippen LogP contribution in [0.3, 0.4) is 0 Å². The molecule has 0 saturated heterocycles. The molecule has 1 amide bonds. The summed E-state index contributed by atoms with van der Waals surface area (Å²) in [7, 11) is -2.13. The Hall–Kier alpha value is -1.93. The molecule has 0 radical (unpaired) electrons. The number of carbonyl (C=O) groups is 2. The molecule has 0 bridgehead atoms. The first-order valence-electron chi connectivity index (χ1n) is 6.85. The lowest BCUT2D eigenvalue weighted by Gasteiger charge is -2.15. The second-order valence-electron chi connectivity index (χ2n) is 4.74. The third-order valence-corrected chi connectivity index (χ3v) is 4.53. The lowest BCUT2D eigenvalue weighted by molar-refractivity contribution is -0.137. The zero-order valence-corrected chi connectivity index (χ0v) is 13.4. The smallest absolute Gasteiger partial charge is 0.303 e. The van der Waals surface area contributed by atoms with Crippen molar-refractivity contribution in [2.75, 3.05) is 20.1 Å². The molecule has 0 aliphatic carbocycles. The number of amides is 1. The summed E-state index contributed by atoms with van der Waals surface area (Å²) in [5, 5.41) is 8.51. The fraction of sp³-hybridized carbons (Fsp3) is 0.429. The van der Waals surface area contributed by atoms with E-state index in [1.807, 2.05) is 6.92 Å². The number of hydrogen-bond acceptors (Lipinski definition) is 4. The van der Waals surface area contributed by atoms with Gasteiger partial charge in [-0.3, -0.25) is 9.59 Å². The van der Waals surface area contributed by atoms with Crippen molar-refractivity contribution >= 4 is 21.9 Å². The zero-order chi connectivity index (χ0) is 16.8. The molecular formula is C14H20N2O5S. The number of nitrogens with one attached hydrogen (secondary N) is 1. The van der Waals surface area contributed by atoms with Crippen LogP contribution in [0, 0.1) is 0 Å². The minimum atomic E-state index is -3.76. The lowest BCUT2D eigenvalue weighted by atomic mass is 10.2. The summed E-state index contributed by atoms with van der Waals surface area (Å²) in [6.45, 7) is 2.37. The molecule has 0 spiro atoms. The van der Waals surface area contributed by atoms with Crippen molar-refractivity contribution < 1.29 is 23.1 Å². The van der Waals surface area contributed by atoms with Crippen molar-refractivity contribution in [3.63, 3.8) is 0 Å². The quantitative estimate of drug-likeness (QED) is 0.691. The molecule has 0 aromatic heterocycles. The Kier molecular flexibility index (Phi) is 6.51. The molecule has 0 saturated carbocycles. The van der Waals surface area contributed by atoms with E-state index in [4.69, 9.17) is 5.11 Å². The third-order valence-electron chi connectivity index (χ3n) is 3.07. The number of carboxylic acid groups (broad SMARTS) is 1. The molecule has 2 N–H and O–H groups in total. The second kappa shape index (κ2) is 7.90. The summed E-state index contributed by atoms with van der Waals surface area (Å²) in [4.78, 5) is 23.9. The molecule has 0 fully saturated rings. The zero-order valence-electron chi connectivity index (χ0n) is 12.6. The van der Waals surface area contributed by atoms with Gasteiger partial charge in [-0.2, -0.15) is 0 Å². The summed E-state index contributed by atoms with van der Waals surface area (Å²) in [6.07, 6.45) is 0.0914. The number of carbonyl (C=O) groups excluding carboxylic acids is 1. The van der Waals surface area contributed by atoms with Gasteiger partial charge in [0.1, 0.15) is 0 Å². The van der Waals surface area contributed by atoms with Crippen LogP contribution < -0.4 is 4.72 Å². The van der Waals surface area contributed by atoms with Crippen LogP contribution in [-0.4, -0.2) is 50.4 Å². The number of benzene rings is 1. The third kappa shape index (κ3) is 5.12. The largest absolute Gasteiger partial charge is 0.481 e. The monoisotopic (exact) mass is 328 g/mol. The number of hydrogen-bond donors (Lipinski definition) is 2. The highest BCUT2D eigenvalue weighted by molar-refractivity contribution is 7.89. The Balaban J connectivity index is 2.83. The maximum atomic E-state index is 12.1. The Morgan fingerprint density at radius 2 is 2.00 bits per heavy atom. The fourth-order valence-electron chi connectivity index (χ4n) is 1.69. The molecule has 1 aromatic carbocycles. The van der Waals surface area contributed by atoms with Crippen LogP contribution in [-0.2, 0) is 14.8 Å². The van der Waals surface area contributed by atoms with E-state index in [2.05, 4.69) is 4.72 Å².